The van der Waals surface area contributed by atoms with Crippen LogP contribution >= 0.6 is 0 Å². The number of benzene rings is 1. The van der Waals surface area contributed by atoms with Crippen LogP contribution in [0.3, 0.4) is 0 Å². The Kier molecular flexibility index (Phi) is 14.3. The number of allylic oxidation sites excluding steroid dienone is 1. The molecule has 3 heteroatoms. The molecule has 0 spiro atoms. The summed E-state index contributed by atoms with van der Waals surface area (Å²) in [5.41, 5.74) is 0.788. The molecule has 28 heavy (non-hydrogen) atoms. The van der Waals surface area contributed by atoms with Crippen LogP contribution in [0.25, 0.3) is 6.08 Å². The minimum absolute atomic E-state index is 0.224. The van der Waals surface area contributed by atoms with Crippen molar-refractivity contribution in [3.8, 4) is 0 Å². The van der Waals surface area contributed by atoms with E-state index in [0.717, 1.165) is 18.4 Å². The van der Waals surface area contributed by atoms with E-state index in [4.69, 9.17) is 0 Å². The summed E-state index contributed by atoms with van der Waals surface area (Å²) in [5.74, 6) is -0.224. The van der Waals surface area contributed by atoms with Gasteiger partial charge in [0.1, 0.15) is 18.0 Å². The lowest BCUT2D eigenvalue weighted by molar-refractivity contribution is 0.0466. The minimum atomic E-state index is -1.30. The Labute approximate surface area is 171 Å². The fraction of sp³-hybridized carbons (Fsp3) is 0.600. The molecule has 0 aliphatic rings. The van der Waals surface area contributed by atoms with Gasteiger partial charge in [0.05, 0.1) is 0 Å². The molecule has 3 N–H and O–H groups in total. The maximum Gasteiger partial charge on any atom is 0.140 e. The highest BCUT2D eigenvalue weighted by atomic mass is 16.4. The summed E-state index contributed by atoms with van der Waals surface area (Å²) in [4.78, 5) is 0. The Morgan fingerprint density at radius 2 is 1.36 bits per heavy atom. The summed E-state index contributed by atoms with van der Waals surface area (Å²) in [5, 5.41) is 30.0. The van der Waals surface area contributed by atoms with E-state index >= 15 is 0 Å². The highest BCUT2D eigenvalue weighted by Crippen LogP contribution is 2.13. The van der Waals surface area contributed by atoms with Crippen molar-refractivity contribution in [3.05, 3.63) is 53.8 Å². The van der Waals surface area contributed by atoms with Crippen molar-refractivity contribution in [1.82, 2.24) is 0 Å². The highest BCUT2D eigenvalue weighted by molar-refractivity contribution is 5.51. The van der Waals surface area contributed by atoms with E-state index in [1.807, 2.05) is 36.4 Å². The van der Waals surface area contributed by atoms with Crippen molar-refractivity contribution in [2.45, 2.75) is 96.2 Å². The van der Waals surface area contributed by atoms with Crippen LogP contribution in [0.1, 0.15) is 89.5 Å². The van der Waals surface area contributed by atoms with Crippen LogP contribution in [0.15, 0.2) is 48.2 Å². The molecule has 2 unspecified atom stereocenters. The van der Waals surface area contributed by atoms with Gasteiger partial charge in [0.25, 0.3) is 0 Å². The van der Waals surface area contributed by atoms with E-state index in [-0.39, 0.29) is 5.76 Å². The molecule has 0 radical (unpaired) electrons. The lowest BCUT2D eigenvalue weighted by atomic mass is 10.0. The van der Waals surface area contributed by atoms with Crippen LogP contribution in [0.2, 0.25) is 0 Å². The van der Waals surface area contributed by atoms with Crippen LogP contribution in [0.4, 0.5) is 0 Å². The van der Waals surface area contributed by atoms with Crippen molar-refractivity contribution < 1.29 is 15.3 Å². The van der Waals surface area contributed by atoms with Gasteiger partial charge >= 0.3 is 0 Å². The summed E-state index contributed by atoms with van der Waals surface area (Å²) in [6.45, 7) is 2.25. The third-order valence-corrected chi connectivity index (χ3v) is 5.05. The first-order chi connectivity index (χ1) is 13.6. The summed E-state index contributed by atoms with van der Waals surface area (Å²) in [7, 11) is 0. The van der Waals surface area contributed by atoms with Crippen LogP contribution in [-0.4, -0.2) is 27.5 Å². The molecular formula is C25H40O3. The first-order valence-electron chi connectivity index (χ1n) is 11.1. The zero-order valence-corrected chi connectivity index (χ0v) is 17.6. The average molecular weight is 389 g/mol. The van der Waals surface area contributed by atoms with Crippen LogP contribution in [-0.2, 0) is 0 Å². The molecular weight excluding hydrogens is 348 g/mol. The molecule has 0 bridgehead atoms. The fourth-order valence-corrected chi connectivity index (χ4v) is 3.25. The van der Waals surface area contributed by atoms with Gasteiger partial charge in [-0.3, -0.25) is 0 Å². The van der Waals surface area contributed by atoms with Gasteiger partial charge in [-0.1, -0.05) is 114 Å². The maximum absolute atomic E-state index is 10.0. The van der Waals surface area contributed by atoms with Gasteiger partial charge in [-0.2, -0.15) is 0 Å². The maximum atomic E-state index is 10.0. The van der Waals surface area contributed by atoms with E-state index < -0.39 is 12.2 Å². The topological polar surface area (TPSA) is 60.7 Å². The Balaban J connectivity index is 2.07. The summed E-state index contributed by atoms with van der Waals surface area (Å²) >= 11 is 0. The van der Waals surface area contributed by atoms with Gasteiger partial charge in [-0.25, -0.2) is 0 Å². The van der Waals surface area contributed by atoms with E-state index in [2.05, 4.69) is 6.92 Å². The fourth-order valence-electron chi connectivity index (χ4n) is 3.25. The van der Waals surface area contributed by atoms with E-state index in [1.165, 1.54) is 70.3 Å². The average Bonchev–Trinajstić information content (AvgIpc) is 2.71. The molecule has 0 aromatic heterocycles. The minimum Gasteiger partial charge on any atom is -0.509 e. The van der Waals surface area contributed by atoms with Crippen molar-refractivity contribution >= 4 is 6.08 Å². The van der Waals surface area contributed by atoms with Crippen molar-refractivity contribution in [3.63, 3.8) is 0 Å². The Bertz CT molecular complexity index is 536. The normalized spacial score (nSPS) is 14.5. The molecule has 158 valence electrons. The van der Waals surface area contributed by atoms with E-state index in [1.54, 1.807) is 6.08 Å². The van der Waals surface area contributed by atoms with Gasteiger partial charge in [-0.15, -0.1) is 0 Å². The molecule has 1 aromatic carbocycles. The van der Waals surface area contributed by atoms with Crippen molar-refractivity contribution in [2.75, 3.05) is 0 Å². The second kappa shape index (κ2) is 16.4. The number of aliphatic hydroxyl groups is 3. The predicted molar refractivity (Wildman–Crippen MR) is 119 cm³/mol. The van der Waals surface area contributed by atoms with E-state index in [0.29, 0.717) is 0 Å². The van der Waals surface area contributed by atoms with Gasteiger partial charge in [0.15, 0.2) is 0 Å². The molecule has 0 heterocycles. The molecule has 0 fully saturated rings. The van der Waals surface area contributed by atoms with Crippen LogP contribution < -0.4 is 0 Å². The SMILES string of the molecule is CCCCCCCCCCCCCC=CC(O)C(O)C(O)=Cc1ccccc1. The molecule has 3 nitrogen and oxygen atoms in total. The standard InChI is InChI=1S/C25H40O3/c1-2-3-4-5-6-7-8-9-10-11-12-13-17-20-23(26)25(28)24(27)21-22-18-15-14-16-19-22/h14-21,23,25-28H,2-13H2,1H3. The first kappa shape index (κ1) is 24.5. The van der Waals surface area contributed by atoms with Gasteiger partial charge in [0.2, 0.25) is 0 Å². The Hall–Kier alpha value is -1.58. The molecule has 2 atom stereocenters. The quantitative estimate of drug-likeness (QED) is 0.171. The molecule has 0 aliphatic carbocycles. The number of hydrogen-bond donors (Lipinski definition) is 3. The summed E-state index contributed by atoms with van der Waals surface area (Å²) < 4.78 is 0. The van der Waals surface area contributed by atoms with Crippen molar-refractivity contribution in [2.24, 2.45) is 0 Å². The molecule has 1 rings (SSSR count). The third kappa shape index (κ3) is 12.0. The Morgan fingerprint density at radius 3 is 1.93 bits per heavy atom. The summed E-state index contributed by atoms with van der Waals surface area (Å²) in [6, 6.07) is 9.26. The van der Waals surface area contributed by atoms with Crippen LogP contribution in [0.5, 0.6) is 0 Å². The number of hydrogen-bond acceptors (Lipinski definition) is 3. The lowest BCUT2D eigenvalue weighted by Gasteiger charge is -2.14. The number of unbranched alkanes of at least 4 members (excludes halogenated alkanes) is 11. The van der Waals surface area contributed by atoms with E-state index in [9.17, 15) is 15.3 Å². The van der Waals surface area contributed by atoms with Crippen LogP contribution in [0, 0.1) is 0 Å². The monoisotopic (exact) mass is 388 g/mol. The molecule has 0 saturated heterocycles. The van der Waals surface area contributed by atoms with Gasteiger partial charge in [0, 0.05) is 0 Å². The molecule has 1 aromatic rings. The molecule has 0 saturated carbocycles. The van der Waals surface area contributed by atoms with Gasteiger partial charge < -0.3 is 15.3 Å². The first-order valence-corrected chi connectivity index (χ1v) is 11.1. The predicted octanol–water partition coefficient (Wildman–Crippen LogP) is 6.56. The highest BCUT2D eigenvalue weighted by Gasteiger charge is 2.17. The second-order valence-corrected chi connectivity index (χ2v) is 7.67. The molecule has 0 amide bonds. The Morgan fingerprint density at radius 1 is 0.821 bits per heavy atom. The largest absolute Gasteiger partial charge is 0.509 e. The zero-order chi connectivity index (χ0) is 20.5. The van der Waals surface area contributed by atoms with Gasteiger partial charge in [-0.05, 0) is 24.5 Å². The smallest absolute Gasteiger partial charge is 0.140 e. The lowest BCUT2D eigenvalue weighted by Crippen LogP contribution is -2.25. The third-order valence-electron chi connectivity index (χ3n) is 5.05. The number of aliphatic hydroxyl groups excluding tert-OH is 3. The van der Waals surface area contributed by atoms with Crippen molar-refractivity contribution in [1.29, 1.82) is 0 Å². The summed E-state index contributed by atoms with van der Waals surface area (Å²) in [6.07, 6.45) is 17.9. The zero-order valence-electron chi connectivity index (χ0n) is 17.6. The molecule has 0 aliphatic heterocycles. The number of rotatable bonds is 16. The second-order valence-electron chi connectivity index (χ2n) is 7.67.